The van der Waals surface area contributed by atoms with Crippen molar-refractivity contribution in [3.63, 3.8) is 0 Å². The van der Waals surface area contributed by atoms with Gasteiger partial charge in [-0.3, -0.25) is 0 Å². The highest BCUT2D eigenvalue weighted by Crippen LogP contribution is 2.37. The average Bonchev–Trinajstić information content (AvgIpc) is 2.74. The monoisotopic (exact) mass is 338 g/mol. The molecule has 1 aliphatic heterocycles. The number of hydrogen-bond acceptors (Lipinski definition) is 8. The zero-order chi connectivity index (χ0) is 14.9. The number of halogens is 1. The zero-order valence-corrected chi connectivity index (χ0v) is 13.2. The molecule has 0 saturated carbocycles. The van der Waals surface area contributed by atoms with Crippen LogP contribution in [0.15, 0.2) is 10.1 Å². The van der Waals surface area contributed by atoms with Crippen LogP contribution in [0.5, 0.6) is 0 Å². The first-order valence-electron chi connectivity index (χ1n) is 5.81. The van der Waals surface area contributed by atoms with Gasteiger partial charge in [0.15, 0.2) is 5.15 Å². The lowest BCUT2D eigenvalue weighted by Gasteiger charge is -2.16. The highest BCUT2D eigenvalue weighted by Gasteiger charge is 2.45. The van der Waals surface area contributed by atoms with E-state index in [0.29, 0.717) is 10.1 Å². The zero-order valence-electron chi connectivity index (χ0n) is 10.9. The molecule has 0 amide bonds. The Morgan fingerprint density at radius 1 is 1.15 bits per heavy atom. The molecule has 112 valence electrons. The molecule has 1 aliphatic rings. The van der Waals surface area contributed by atoms with Gasteiger partial charge in [-0.15, -0.1) is 23.5 Å². The number of aliphatic hydroxyl groups excluding tert-OH is 3. The molecule has 2 heterocycles. The molecule has 0 unspecified atom stereocenters. The Morgan fingerprint density at radius 2 is 1.75 bits per heavy atom. The first-order valence-corrected chi connectivity index (χ1v) is 8.64. The molecule has 9 heteroatoms. The molecule has 4 atom stereocenters. The fourth-order valence-corrected chi connectivity index (χ4v) is 3.57. The lowest BCUT2D eigenvalue weighted by atomic mass is 10.1. The maximum atomic E-state index is 10.0. The third-order valence-electron chi connectivity index (χ3n) is 3.01. The van der Waals surface area contributed by atoms with Crippen LogP contribution in [0.1, 0.15) is 11.8 Å². The van der Waals surface area contributed by atoms with Gasteiger partial charge in [0.2, 0.25) is 0 Å². The summed E-state index contributed by atoms with van der Waals surface area (Å²) in [6.45, 7) is -0.391. The fraction of sp³-hybridized carbons (Fsp3) is 0.636. The molecule has 6 nitrogen and oxygen atoms in total. The molecule has 1 aromatic heterocycles. The summed E-state index contributed by atoms with van der Waals surface area (Å²) in [5.74, 6) is 0. The molecule has 0 radical (unpaired) electrons. The summed E-state index contributed by atoms with van der Waals surface area (Å²) in [4.78, 5) is 8.59. The standard InChI is InChI=1S/C11H15ClN2O4S2/c1-19-10-11(20-2)14-9(12)5(13-10)8-7(17)6(16)4(3-15)18-8/h4,6-8,15-17H,3H2,1-2H3/t4-,6-,7-,8+/m1/s1. The molecule has 1 saturated heterocycles. The lowest BCUT2D eigenvalue weighted by Crippen LogP contribution is -2.32. The quantitative estimate of drug-likeness (QED) is 0.691. The summed E-state index contributed by atoms with van der Waals surface area (Å²) in [6.07, 6.45) is -0.408. The average molecular weight is 339 g/mol. The smallest absolute Gasteiger partial charge is 0.154 e. The van der Waals surface area contributed by atoms with Crippen LogP contribution in [0.4, 0.5) is 0 Å². The van der Waals surface area contributed by atoms with Crippen molar-refractivity contribution in [2.45, 2.75) is 34.5 Å². The number of nitrogens with zero attached hydrogens (tertiary/aromatic N) is 2. The van der Waals surface area contributed by atoms with E-state index >= 15 is 0 Å². The van der Waals surface area contributed by atoms with E-state index in [-0.39, 0.29) is 10.8 Å². The summed E-state index contributed by atoms with van der Waals surface area (Å²) in [7, 11) is 0. The first-order chi connectivity index (χ1) is 9.53. The summed E-state index contributed by atoms with van der Waals surface area (Å²) in [5.41, 5.74) is 0.274. The van der Waals surface area contributed by atoms with Gasteiger partial charge >= 0.3 is 0 Å². The van der Waals surface area contributed by atoms with E-state index in [9.17, 15) is 10.2 Å². The minimum atomic E-state index is -1.20. The van der Waals surface area contributed by atoms with Gasteiger partial charge in [0.05, 0.1) is 6.61 Å². The van der Waals surface area contributed by atoms with E-state index in [4.69, 9.17) is 21.4 Å². The highest BCUT2D eigenvalue weighted by molar-refractivity contribution is 8.01. The van der Waals surface area contributed by atoms with E-state index < -0.39 is 31.0 Å². The maximum absolute atomic E-state index is 10.0. The topological polar surface area (TPSA) is 95.7 Å². The molecule has 0 aliphatic carbocycles. The normalized spacial score (nSPS) is 29.9. The van der Waals surface area contributed by atoms with Gasteiger partial charge in [-0.2, -0.15) is 0 Å². The summed E-state index contributed by atoms with van der Waals surface area (Å²) >= 11 is 8.92. The van der Waals surface area contributed by atoms with Crippen LogP contribution < -0.4 is 0 Å². The minimum absolute atomic E-state index is 0.127. The largest absolute Gasteiger partial charge is 0.394 e. The number of thioether (sulfide) groups is 2. The van der Waals surface area contributed by atoms with E-state index in [1.165, 1.54) is 23.5 Å². The molecule has 2 rings (SSSR count). The van der Waals surface area contributed by atoms with Gasteiger partial charge in [0.1, 0.15) is 40.2 Å². The number of rotatable bonds is 4. The molecular formula is C11H15ClN2O4S2. The van der Waals surface area contributed by atoms with Crippen LogP contribution in [0.2, 0.25) is 5.15 Å². The van der Waals surface area contributed by atoms with Crippen molar-refractivity contribution in [1.82, 2.24) is 9.97 Å². The second-order valence-corrected chi connectivity index (χ2v) is 6.13. The second kappa shape index (κ2) is 6.78. The number of aliphatic hydroxyl groups is 3. The second-order valence-electron chi connectivity index (χ2n) is 4.18. The molecule has 20 heavy (non-hydrogen) atoms. The Balaban J connectivity index is 2.38. The van der Waals surface area contributed by atoms with Gasteiger partial charge in [-0.05, 0) is 12.5 Å². The van der Waals surface area contributed by atoms with Crippen LogP contribution >= 0.6 is 35.1 Å². The van der Waals surface area contributed by atoms with Crippen LogP contribution in [0, 0.1) is 0 Å². The van der Waals surface area contributed by atoms with E-state index in [0.717, 1.165) is 0 Å². The van der Waals surface area contributed by atoms with Gasteiger partial charge in [0.25, 0.3) is 0 Å². The van der Waals surface area contributed by atoms with Crippen molar-refractivity contribution < 1.29 is 20.1 Å². The van der Waals surface area contributed by atoms with Crippen LogP contribution in [0.25, 0.3) is 0 Å². The summed E-state index contributed by atoms with van der Waals surface area (Å²) in [5, 5.41) is 30.4. The van der Waals surface area contributed by atoms with E-state index in [2.05, 4.69) is 9.97 Å². The molecule has 0 aromatic carbocycles. The molecule has 3 N–H and O–H groups in total. The van der Waals surface area contributed by atoms with Gasteiger partial charge in [0, 0.05) is 0 Å². The van der Waals surface area contributed by atoms with Crippen LogP contribution in [-0.4, -0.2) is 62.7 Å². The van der Waals surface area contributed by atoms with Crippen molar-refractivity contribution in [3.8, 4) is 0 Å². The van der Waals surface area contributed by atoms with Gasteiger partial charge < -0.3 is 20.1 Å². The first kappa shape index (κ1) is 16.3. The predicted octanol–water partition coefficient (Wildman–Crippen LogP) is 0.728. The van der Waals surface area contributed by atoms with Crippen molar-refractivity contribution in [2.75, 3.05) is 19.1 Å². The fourth-order valence-electron chi connectivity index (χ4n) is 1.97. The van der Waals surface area contributed by atoms with E-state index in [1.807, 2.05) is 12.5 Å². The molecule has 1 aromatic rings. The van der Waals surface area contributed by atoms with Crippen molar-refractivity contribution >= 4 is 35.1 Å². The van der Waals surface area contributed by atoms with Crippen LogP contribution in [0.3, 0.4) is 0 Å². The third kappa shape index (κ3) is 2.92. The van der Waals surface area contributed by atoms with Gasteiger partial charge in [-0.25, -0.2) is 9.97 Å². The van der Waals surface area contributed by atoms with E-state index in [1.54, 1.807) is 0 Å². The SMILES string of the molecule is CSc1nc(Cl)c([C@@H]2O[C@H](CO)[C@@H](O)[C@H]2O)nc1SC. The Kier molecular flexibility index (Phi) is 5.52. The van der Waals surface area contributed by atoms with Crippen LogP contribution in [-0.2, 0) is 4.74 Å². The third-order valence-corrected chi connectivity index (χ3v) is 4.76. The molecule has 0 spiro atoms. The number of hydrogen-bond donors (Lipinski definition) is 3. The summed E-state index contributed by atoms with van der Waals surface area (Å²) in [6, 6.07) is 0. The highest BCUT2D eigenvalue weighted by atomic mass is 35.5. The Hall–Kier alpha value is -0.0900. The van der Waals surface area contributed by atoms with Crippen molar-refractivity contribution in [3.05, 3.63) is 10.8 Å². The number of aromatic nitrogens is 2. The minimum Gasteiger partial charge on any atom is -0.394 e. The lowest BCUT2D eigenvalue weighted by molar-refractivity contribution is -0.0242. The number of ether oxygens (including phenoxy) is 1. The Labute approximate surface area is 129 Å². The van der Waals surface area contributed by atoms with Gasteiger partial charge in [-0.1, -0.05) is 11.6 Å². The van der Waals surface area contributed by atoms with Crippen molar-refractivity contribution in [1.29, 1.82) is 0 Å². The molecule has 1 fully saturated rings. The Bertz CT molecular complexity index is 494. The molecular weight excluding hydrogens is 324 g/mol. The maximum Gasteiger partial charge on any atom is 0.154 e. The summed E-state index contributed by atoms with van der Waals surface area (Å²) < 4.78 is 5.42. The molecule has 0 bridgehead atoms. The Morgan fingerprint density at radius 3 is 2.25 bits per heavy atom. The van der Waals surface area contributed by atoms with Crippen molar-refractivity contribution in [2.24, 2.45) is 0 Å². The predicted molar refractivity (Wildman–Crippen MR) is 77.3 cm³/mol.